The van der Waals surface area contributed by atoms with Crippen molar-refractivity contribution in [2.45, 2.75) is 132 Å². The molecule has 0 radical (unpaired) electrons. The summed E-state index contributed by atoms with van der Waals surface area (Å²) < 4.78 is 26.0. The zero-order valence-corrected chi connectivity index (χ0v) is 21.1. The molecular formula is C28H42O7. The van der Waals surface area contributed by atoms with Crippen molar-refractivity contribution < 1.29 is 34.0 Å². The Labute approximate surface area is 209 Å². The van der Waals surface area contributed by atoms with Crippen molar-refractivity contribution in [1.29, 1.82) is 0 Å². The molecule has 0 aromatic carbocycles. The number of rotatable bonds is 7. The van der Waals surface area contributed by atoms with Crippen LogP contribution in [0.4, 0.5) is 0 Å². The number of fused-ring (bicyclic) bond motifs is 3. The molecule has 0 aliphatic carbocycles. The predicted octanol–water partition coefficient (Wildman–Crippen LogP) is 3.57. The molecule has 35 heavy (non-hydrogen) atoms. The Morgan fingerprint density at radius 1 is 1.09 bits per heavy atom. The molecule has 0 unspecified atom stereocenters. The monoisotopic (exact) mass is 490 g/mol. The lowest BCUT2D eigenvalue weighted by Gasteiger charge is -2.51. The molecule has 7 heteroatoms. The summed E-state index contributed by atoms with van der Waals surface area (Å²) in [6.45, 7) is 11.4. The number of aldehydes is 1. The Kier molecular flexibility index (Phi) is 8.36. The molecular weight excluding hydrogens is 448 g/mol. The minimum atomic E-state index is -0.917. The molecule has 0 saturated carbocycles. The van der Waals surface area contributed by atoms with Gasteiger partial charge in [0.2, 0.25) is 0 Å². The molecule has 4 aliphatic heterocycles. The average Bonchev–Trinajstić information content (AvgIpc) is 3.01. The average molecular weight is 491 g/mol. The summed E-state index contributed by atoms with van der Waals surface area (Å²) in [4.78, 5) is 11.0. The number of carbonyl (C=O) groups is 1. The van der Waals surface area contributed by atoms with E-state index in [-0.39, 0.29) is 36.6 Å². The van der Waals surface area contributed by atoms with Gasteiger partial charge in [0.15, 0.2) is 0 Å². The van der Waals surface area contributed by atoms with Crippen molar-refractivity contribution in [3.63, 3.8) is 0 Å². The minimum Gasteiger partial charge on any atom is -0.390 e. The first-order chi connectivity index (χ1) is 16.6. The molecule has 196 valence electrons. The van der Waals surface area contributed by atoms with Crippen LogP contribution in [0.1, 0.15) is 71.6 Å². The SMILES string of the molecule is C=C/C=C/CC[C@H]1O[C@H]2CC[C@@]3(C)O[C@H]4[C@@H](O)C[C@@H](CC(=C)C=O)O[C@@H]4C[C@@H]3O[C@@H]2CC[C@]1(C)O. The van der Waals surface area contributed by atoms with E-state index in [9.17, 15) is 15.0 Å². The first-order valence-electron chi connectivity index (χ1n) is 13.1. The highest BCUT2D eigenvalue weighted by Crippen LogP contribution is 2.45. The number of allylic oxidation sites excluding steroid dienone is 3. The molecule has 0 aromatic heterocycles. The maximum atomic E-state index is 11.1. The summed E-state index contributed by atoms with van der Waals surface area (Å²) in [6, 6.07) is 0. The lowest BCUT2D eigenvalue weighted by Crippen LogP contribution is -2.62. The number of aliphatic hydroxyl groups excluding tert-OH is 1. The maximum Gasteiger partial charge on any atom is 0.145 e. The first kappa shape index (κ1) is 26.7. The molecule has 0 spiro atoms. The Morgan fingerprint density at radius 3 is 2.57 bits per heavy atom. The molecule has 4 aliphatic rings. The molecule has 4 heterocycles. The maximum absolute atomic E-state index is 11.1. The third-order valence-corrected chi connectivity index (χ3v) is 8.32. The molecule has 10 atom stereocenters. The van der Waals surface area contributed by atoms with E-state index in [0.717, 1.165) is 32.0 Å². The number of aliphatic hydroxyl groups is 2. The third kappa shape index (κ3) is 5.97. The number of ether oxygens (including phenoxy) is 4. The molecule has 4 rings (SSSR count). The van der Waals surface area contributed by atoms with Crippen LogP contribution in [-0.2, 0) is 23.7 Å². The fourth-order valence-corrected chi connectivity index (χ4v) is 6.21. The zero-order chi connectivity index (χ0) is 25.2. The van der Waals surface area contributed by atoms with Crippen LogP contribution in [0.3, 0.4) is 0 Å². The van der Waals surface area contributed by atoms with Gasteiger partial charge in [0.25, 0.3) is 0 Å². The van der Waals surface area contributed by atoms with E-state index in [1.165, 1.54) is 0 Å². The normalized spacial score (nSPS) is 45.9. The van der Waals surface area contributed by atoms with Crippen molar-refractivity contribution in [1.82, 2.24) is 0 Å². The number of hydrogen-bond acceptors (Lipinski definition) is 7. The molecule has 4 saturated heterocycles. The second kappa shape index (κ2) is 11.0. The highest BCUT2D eigenvalue weighted by Gasteiger charge is 2.55. The summed E-state index contributed by atoms with van der Waals surface area (Å²) >= 11 is 0. The Bertz CT molecular complexity index is 807. The van der Waals surface area contributed by atoms with Gasteiger partial charge in [-0.05, 0) is 57.9 Å². The second-order valence-electron chi connectivity index (χ2n) is 11.2. The van der Waals surface area contributed by atoms with E-state index in [0.29, 0.717) is 37.7 Å². The van der Waals surface area contributed by atoms with Crippen LogP contribution >= 0.6 is 0 Å². The van der Waals surface area contributed by atoms with Gasteiger partial charge in [-0.25, -0.2) is 0 Å². The van der Waals surface area contributed by atoms with Gasteiger partial charge < -0.3 is 29.2 Å². The van der Waals surface area contributed by atoms with Crippen LogP contribution in [0, 0.1) is 0 Å². The van der Waals surface area contributed by atoms with Crippen molar-refractivity contribution in [3.8, 4) is 0 Å². The van der Waals surface area contributed by atoms with Crippen LogP contribution in [0.25, 0.3) is 0 Å². The molecule has 0 bridgehead atoms. The lowest BCUT2D eigenvalue weighted by molar-refractivity contribution is -0.291. The van der Waals surface area contributed by atoms with Crippen molar-refractivity contribution in [2.24, 2.45) is 0 Å². The molecule has 4 fully saturated rings. The van der Waals surface area contributed by atoms with E-state index in [1.807, 2.05) is 19.1 Å². The quantitative estimate of drug-likeness (QED) is 0.320. The second-order valence-corrected chi connectivity index (χ2v) is 11.2. The third-order valence-electron chi connectivity index (χ3n) is 8.32. The van der Waals surface area contributed by atoms with Gasteiger partial charge in [-0.3, -0.25) is 4.79 Å². The van der Waals surface area contributed by atoms with Gasteiger partial charge in [-0.15, -0.1) is 0 Å². The highest BCUT2D eigenvalue weighted by molar-refractivity contribution is 5.72. The fourth-order valence-electron chi connectivity index (χ4n) is 6.21. The van der Waals surface area contributed by atoms with E-state index in [2.05, 4.69) is 20.1 Å². The number of hydrogen-bond donors (Lipinski definition) is 2. The Balaban J connectivity index is 1.46. The van der Waals surface area contributed by atoms with Crippen LogP contribution in [-0.4, -0.2) is 76.5 Å². The van der Waals surface area contributed by atoms with Crippen LogP contribution in [0.2, 0.25) is 0 Å². The highest BCUT2D eigenvalue weighted by atomic mass is 16.6. The fraction of sp³-hybridized carbons (Fsp3) is 0.750. The summed E-state index contributed by atoms with van der Waals surface area (Å²) in [7, 11) is 0. The van der Waals surface area contributed by atoms with Crippen LogP contribution in [0.5, 0.6) is 0 Å². The standard InChI is InChI=1S/C28H42O7/c1-5-6-7-8-9-24-27(3,31)12-10-21-22(33-24)11-13-28(4)25(34-21)16-23-26(35-28)20(30)15-19(32-23)14-18(2)17-29/h5-7,17,19-26,30-31H,1-2,8-16H2,3-4H3/b7-6+/t19-,20+,21-,22+,23-,24-,25+,26+,27+,28-/m1/s1. The van der Waals surface area contributed by atoms with Crippen molar-refractivity contribution in [3.05, 3.63) is 37.0 Å². The van der Waals surface area contributed by atoms with Crippen molar-refractivity contribution in [2.75, 3.05) is 0 Å². The topological polar surface area (TPSA) is 94.5 Å². The van der Waals surface area contributed by atoms with Gasteiger partial charge in [0, 0.05) is 19.3 Å². The van der Waals surface area contributed by atoms with E-state index < -0.39 is 23.4 Å². The van der Waals surface area contributed by atoms with Crippen molar-refractivity contribution >= 4 is 6.29 Å². The summed E-state index contributed by atoms with van der Waals surface area (Å²) in [5.41, 5.74) is -1.00. The Hall–Kier alpha value is -1.35. The number of carbonyl (C=O) groups excluding carboxylic acids is 1. The molecule has 7 nitrogen and oxygen atoms in total. The summed E-state index contributed by atoms with van der Waals surface area (Å²) in [5.74, 6) is 0. The Morgan fingerprint density at radius 2 is 1.83 bits per heavy atom. The molecule has 2 N–H and O–H groups in total. The van der Waals surface area contributed by atoms with Gasteiger partial charge in [0.1, 0.15) is 12.4 Å². The van der Waals surface area contributed by atoms with E-state index in [1.54, 1.807) is 6.08 Å². The lowest BCUT2D eigenvalue weighted by atomic mass is 9.81. The summed E-state index contributed by atoms with van der Waals surface area (Å²) in [5, 5.41) is 22.0. The van der Waals surface area contributed by atoms with Crippen LogP contribution < -0.4 is 0 Å². The zero-order valence-electron chi connectivity index (χ0n) is 21.1. The molecule has 0 aromatic rings. The predicted molar refractivity (Wildman–Crippen MR) is 132 cm³/mol. The molecule has 0 amide bonds. The van der Waals surface area contributed by atoms with Gasteiger partial charge >= 0.3 is 0 Å². The van der Waals surface area contributed by atoms with E-state index >= 15 is 0 Å². The largest absolute Gasteiger partial charge is 0.390 e. The van der Waals surface area contributed by atoms with Gasteiger partial charge in [-0.2, -0.15) is 0 Å². The van der Waals surface area contributed by atoms with Gasteiger partial charge in [0.05, 0.1) is 53.9 Å². The van der Waals surface area contributed by atoms with Crippen LogP contribution in [0.15, 0.2) is 37.0 Å². The smallest absolute Gasteiger partial charge is 0.145 e. The van der Waals surface area contributed by atoms with Gasteiger partial charge in [-0.1, -0.05) is 31.4 Å². The summed E-state index contributed by atoms with van der Waals surface area (Å²) in [6.07, 6.45) is 9.86. The minimum absolute atomic E-state index is 0.125. The van der Waals surface area contributed by atoms with E-state index in [4.69, 9.17) is 18.9 Å². The first-order valence-corrected chi connectivity index (χ1v) is 13.1.